The van der Waals surface area contributed by atoms with Gasteiger partial charge in [0.25, 0.3) is 5.91 Å². The number of ether oxygens (including phenoxy) is 1. The minimum atomic E-state index is -0.615. The molecule has 116 valence electrons. The van der Waals surface area contributed by atoms with E-state index in [1.54, 1.807) is 19.1 Å². The molecule has 0 saturated heterocycles. The highest BCUT2D eigenvalue weighted by Gasteiger charge is 2.14. The fourth-order valence-electron chi connectivity index (χ4n) is 2.02. The Hall–Kier alpha value is -2.36. The predicted molar refractivity (Wildman–Crippen MR) is 84.3 cm³/mol. The number of rotatable bonds is 5. The number of halogens is 1. The number of amides is 1. The van der Waals surface area contributed by atoms with Crippen LogP contribution < -0.4 is 10.1 Å². The molecule has 0 saturated carbocycles. The zero-order valence-electron chi connectivity index (χ0n) is 13.0. The fraction of sp³-hybridized carbons (Fsp3) is 0.278. The van der Waals surface area contributed by atoms with Crippen LogP contribution in [0.1, 0.15) is 23.6 Å². The molecule has 0 bridgehead atoms. The van der Waals surface area contributed by atoms with Crippen LogP contribution in [-0.2, 0) is 11.3 Å². The molecule has 2 rings (SSSR count). The van der Waals surface area contributed by atoms with Crippen molar-refractivity contribution in [1.82, 2.24) is 5.32 Å². The third-order valence-corrected chi connectivity index (χ3v) is 3.52. The van der Waals surface area contributed by atoms with Crippen LogP contribution in [0.25, 0.3) is 0 Å². The molecule has 0 heterocycles. The van der Waals surface area contributed by atoms with E-state index in [4.69, 9.17) is 4.74 Å². The number of aryl methyl sites for hydroxylation is 2. The topological polar surface area (TPSA) is 38.3 Å². The lowest BCUT2D eigenvalue weighted by molar-refractivity contribution is -0.127. The Balaban J connectivity index is 1.90. The van der Waals surface area contributed by atoms with Crippen molar-refractivity contribution in [2.24, 2.45) is 0 Å². The summed E-state index contributed by atoms with van der Waals surface area (Å²) in [5.41, 5.74) is 3.01. The van der Waals surface area contributed by atoms with Gasteiger partial charge in [0, 0.05) is 6.54 Å². The molecule has 1 unspecified atom stereocenters. The van der Waals surface area contributed by atoms with E-state index in [0.717, 1.165) is 5.56 Å². The van der Waals surface area contributed by atoms with Crippen molar-refractivity contribution >= 4 is 5.91 Å². The van der Waals surface area contributed by atoms with Crippen molar-refractivity contribution in [2.75, 3.05) is 0 Å². The van der Waals surface area contributed by atoms with Gasteiger partial charge in [-0.3, -0.25) is 4.79 Å². The second-order valence-corrected chi connectivity index (χ2v) is 5.35. The van der Waals surface area contributed by atoms with Crippen molar-refractivity contribution < 1.29 is 13.9 Å². The van der Waals surface area contributed by atoms with Gasteiger partial charge in [0.15, 0.2) is 6.10 Å². The van der Waals surface area contributed by atoms with Crippen LogP contribution in [0.15, 0.2) is 42.5 Å². The Kier molecular flexibility index (Phi) is 5.15. The minimum Gasteiger partial charge on any atom is -0.481 e. The molecule has 0 aliphatic rings. The van der Waals surface area contributed by atoms with Crippen molar-refractivity contribution in [2.45, 2.75) is 33.4 Å². The quantitative estimate of drug-likeness (QED) is 0.917. The first-order chi connectivity index (χ1) is 10.5. The molecular weight excluding hydrogens is 281 g/mol. The molecule has 0 aromatic heterocycles. The molecule has 0 radical (unpaired) electrons. The largest absolute Gasteiger partial charge is 0.481 e. The number of carbonyl (C=O) groups excluding carboxylic acids is 1. The Morgan fingerprint density at radius 2 is 1.95 bits per heavy atom. The average Bonchev–Trinajstić information content (AvgIpc) is 2.48. The third-order valence-electron chi connectivity index (χ3n) is 3.52. The Morgan fingerprint density at radius 3 is 2.64 bits per heavy atom. The summed E-state index contributed by atoms with van der Waals surface area (Å²) in [5.74, 6) is 0.116. The molecular formula is C18H20FNO2. The SMILES string of the molecule is Cc1ccc(OC(C)C(=O)NCc2cccc(F)c2)cc1C. The molecule has 2 aromatic rings. The molecule has 0 aliphatic carbocycles. The maximum atomic E-state index is 13.1. The van der Waals surface area contributed by atoms with Crippen LogP contribution >= 0.6 is 0 Å². The lowest BCUT2D eigenvalue weighted by Gasteiger charge is -2.15. The van der Waals surface area contributed by atoms with Crippen molar-refractivity contribution in [3.05, 3.63) is 65.0 Å². The molecule has 4 heteroatoms. The summed E-state index contributed by atoms with van der Waals surface area (Å²) in [4.78, 5) is 12.0. The van der Waals surface area contributed by atoms with Gasteiger partial charge >= 0.3 is 0 Å². The lowest BCUT2D eigenvalue weighted by atomic mass is 10.1. The number of benzene rings is 2. The highest BCUT2D eigenvalue weighted by atomic mass is 19.1. The Labute approximate surface area is 130 Å². The van der Waals surface area contributed by atoms with Gasteiger partial charge in [0.1, 0.15) is 11.6 Å². The molecule has 0 spiro atoms. The number of hydrogen-bond donors (Lipinski definition) is 1. The monoisotopic (exact) mass is 301 g/mol. The van der Waals surface area contributed by atoms with E-state index in [-0.39, 0.29) is 18.3 Å². The zero-order chi connectivity index (χ0) is 16.1. The summed E-state index contributed by atoms with van der Waals surface area (Å²) in [7, 11) is 0. The number of hydrogen-bond acceptors (Lipinski definition) is 2. The van der Waals surface area contributed by atoms with Crippen LogP contribution in [0.4, 0.5) is 4.39 Å². The number of carbonyl (C=O) groups is 1. The Bertz CT molecular complexity index is 670. The molecule has 2 aromatic carbocycles. The van der Waals surface area contributed by atoms with E-state index in [0.29, 0.717) is 11.3 Å². The van der Waals surface area contributed by atoms with Crippen LogP contribution in [-0.4, -0.2) is 12.0 Å². The molecule has 1 amide bonds. The van der Waals surface area contributed by atoms with Crippen LogP contribution in [0.2, 0.25) is 0 Å². The summed E-state index contributed by atoms with van der Waals surface area (Å²) in [5, 5.41) is 2.74. The maximum absolute atomic E-state index is 13.1. The highest BCUT2D eigenvalue weighted by Crippen LogP contribution is 2.17. The van der Waals surface area contributed by atoms with E-state index in [9.17, 15) is 9.18 Å². The standard InChI is InChI=1S/C18H20FNO2/c1-12-7-8-17(9-13(12)2)22-14(3)18(21)20-11-15-5-4-6-16(19)10-15/h4-10,14H,11H2,1-3H3,(H,20,21). The fourth-order valence-corrected chi connectivity index (χ4v) is 2.02. The van der Waals surface area contributed by atoms with Crippen LogP contribution in [0.3, 0.4) is 0 Å². The Morgan fingerprint density at radius 1 is 1.18 bits per heavy atom. The second-order valence-electron chi connectivity index (χ2n) is 5.35. The van der Waals surface area contributed by atoms with Crippen molar-refractivity contribution in [3.8, 4) is 5.75 Å². The van der Waals surface area contributed by atoms with Crippen LogP contribution in [0, 0.1) is 19.7 Å². The van der Waals surface area contributed by atoms with E-state index in [2.05, 4.69) is 5.32 Å². The summed E-state index contributed by atoms with van der Waals surface area (Å²) < 4.78 is 18.7. The first-order valence-corrected chi connectivity index (χ1v) is 7.22. The predicted octanol–water partition coefficient (Wildman–Crippen LogP) is 3.53. The first-order valence-electron chi connectivity index (χ1n) is 7.22. The minimum absolute atomic E-state index is 0.234. The second kappa shape index (κ2) is 7.07. The van der Waals surface area contributed by atoms with Gasteiger partial charge in [-0.05, 0) is 61.7 Å². The van der Waals surface area contributed by atoms with Gasteiger partial charge in [-0.25, -0.2) is 4.39 Å². The van der Waals surface area contributed by atoms with E-state index in [1.807, 2.05) is 32.0 Å². The molecule has 1 atom stereocenters. The molecule has 0 fully saturated rings. The van der Waals surface area contributed by atoms with Gasteiger partial charge in [-0.1, -0.05) is 18.2 Å². The average molecular weight is 301 g/mol. The van der Waals surface area contributed by atoms with E-state index in [1.165, 1.54) is 17.7 Å². The molecule has 22 heavy (non-hydrogen) atoms. The van der Waals surface area contributed by atoms with E-state index < -0.39 is 6.10 Å². The highest BCUT2D eigenvalue weighted by molar-refractivity contribution is 5.80. The lowest BCUT2D eigenvalue weighted by Crippen LogP contribution is -2.35. The summed E-state index contributed by atoms with van der Waals surface area (Å²) in [6.45, 7) is 5.98. The van der Waals surface area contributed by atoms with Crippen LogP contribution in [0.5, 0.6) is 5.75 Å². The van der Waals surface area contributed by atoms with Gasteiger partial charge in [0.05, 0.1) is 0 Å². The first kappa shape index (κ1) is 16.0. The molecule has 3 nitrogen and oxygen atoms in total. The van der Waals surface area contributed by atoms with Gasteiger partial charge in [-0.15, -0.1) is 0 Å². The normalized spacial score (nSPS) is 11.8. The summed E-state index contributed by atoms with van der Waals surface area (Å²) in [6, 6.07) is 11.9. The smallest absolute Gasteiger partial charge is 0.261 e. The zero-order valence-corrected chi connectivity index (χ0v) is 13.0. The van der Waals surface area contributed by atoms with Gasteiger partial charge < -0.3 is 10.1 Å². The number of nitrogens with one attached hydrogen (secondary N) is 1. The van der Waals surface area contributed by atoms with Crippen molar-refractivity contribution in [1.29, 1.82) is 0 Å². The van der Waals surface area contributed by atoms with Gasteiger partial charge in [-0.2, -0.15) is 0 Å². The maximum Gasteiger partial charge on any atom is 0.261 e. The summed E-state index contributed by atoms with van der Waals surface area (Å²) in [6.07, 6.45) is -0.615. The van der Waals surface area contributed by atoms with Crippen molar-refractivity contribution in [3.63, 3.8) is 0 Å². The van der Waals surface area contributed by atoms with Gasteiger partial charge in [0.2, 0.25) is 0 Å². The summed E-state index contributed by atoms with van der Waals surface area (Å²) >= 11 is 0. The molecule has 1 N–H and O–H groups in total. The third kappa shape index (κ3) is 4.32. The molecule has 0 aliphatic heterocycles. The van der Waals surface area contributed by atoms with E-state index >= 15 is 0 Å².